The molecule has 0 aliphatic heterocycles. The van der Waals surface area contributed by atoms with Crippen molar-refractivity contribution in [3.63, 3.8) is 0 Å². The lowest BCUT2D eigenvalue weighted by Crippen LogP contribution is -2.39. The molecule has 26 heavy (non-hydrogen) atoms. The highest BCUT2D eigenvalue weighted by Crippen LogP contribution is 2.29. The number of nitrogens with one attached hydrogen (secondary N) is 1. The molecule has 2 aromatic carbocycles. The maximum atomic E-state index is 12.5. The van der Waals surface area contributed by atoms with Crippen molar-refractivity contribution in [1.82, 2.24) is 5.32 Å². The fourth-order valence-electron chi connectivity index (χ4n) is 3.15. The summed E-state index contributed by atoms with van der Waals surface area (Å²) in [6.07, 6.45) is 1.97. The fraction of sp³-hybridized carbons (Fsp3) is 0.300. The van der Waals surface area contributed by atoms with E-state index in [4.69, 9.17) is 27.9 Å². The van der Waals surface area contributed by atoms with E-state index in [1.54, 1.807) is 6.92 Å². The summed E-state index contributed by atoms with van der Waals surface area (Å²) in [5, 5.41) is 3.65. The van der Waals surface area contributed by atoms with Crippen molar-refractivity contribution in [3.8, 4) is 0 Å². The van der Waals surface area contributed by atoms with Gasteiger partial charge in [0.1, 0.15) is 0 Å². The van der Waals surface area contributed by atoms with Gasteiger partial charge in [0.05, 0.1) is 11.6 Å². The summed E-state index contributed by atoms with van der Waals surface area (Å²) in [4.78, 5) is 24.7. The van der Waals surface area contributed by atoms with Gasteiger partial charge in [-0.1, -0.05) is 47.5 Å². The Morgan fingerprint density at radius 3 is 2.58 bits per heavy atom. The molecule has 0 heterocycles. The van der Waals surface area contributed by atoms with Crippen LogP contribution in [0.15, 0.2) is 42.5 Å². The minimum Gasteiger partial charge on any atom is -0.449 e. The van der Waals surface area contributed by atoms with Crippen molar-refractivity contribution in [3.05, 3.63) is 69.2 Å². The van der Waals surface area contributed by atoms with Gasteiger partial charge in [0, 0.05) is 10.0 Å². The molecule has 0 aromatic heterocycles. The van der Waals surface area contributed by atoms with E-state index in [9.17, 15) is 9.59 Å². The van der Waals surface area contributed by atoms with E-state index in [-0.39, 0.29) is 17.5 Å². The number of esters is 1. The molecular weight excluding hydrogens is 373 g/mol. The highest BCUT2D eigenvalue weighted by atomic mass is 35.5. The predicted molar refractivity (Wildman–Crippen MR) is 102 cm³/mol. The lowest BCUT2D eigenvalue weighted by molar-refractivity contribution is -0.130. The first-order valence-electron chi connectivity index (χ1n) is 8.49. The number of amides is 1. The number of rotatable bonds is 4. The highest BCUT2D eigenvalue weighted by Gasteiger charge is 2.25. The molecule has 1 aliphatic rings. The average molecular weight is 392 g/mol. The molecule has 4 nitrogen and oxygen atoms in total. The summed E-state index contributed by atoms with van der Waals surface area (Å²) in [6, 6.07) is 12.5. The monoisotopic (exact) mass is 391 g/mol. The summed E-state index contributed by atoms with van der Waals surface area (Å²) >= 11 is 11.8. The number of hydrogen-bond donors (Lipinski definition) is 1. The van der Waals surface area contributed by atoms with Crippen LogP contribution in [-0.4, -0.2) is 18.0 Å². The van der Waals surface area contributed by atoms with Crippen molar-refractivity contribution in [1.29, 1.82) is 0 Å². The van der Waals surface area contributed by atoms with Gasteiger partial charge in [0.2, 0.25) is 0 Å². The molecule has 1 aliphatic carbocycles. The molecule has 0 bridgehead atoms. The minimum atomic E-state index is -0.922. The second-order valence-electron chi connectivity index (χ2n) is 6.36. The Kier molecular flexibility index (Phi) is 5.84. The Morgan fingerprint density at radius 1 is 1.15 bits per heavy atom. The van der Waals surface area contributed by atoms with Gasteiger partial charge in [-0.2, -0.15) is 0 Å². The number of carbonyl (C=O) groups is 2. The second-order valence-corrected chi connectivity index (χ2v) is 7.23. The summed E-state index contributed by atoms with van der Waals surface area (Å²) in [6.45, 7) is 1.55. The van der Waals surface area contributed by atoms with Gasteiger partial charge >= 0.3 is 5.97 Å². The van der Waals surface area contributed by atoms with E-state index in [1.165, 1.54) is 23.8 Å². The molecule has 0 spiro atoms. The van der Waals surface area contributed by atoms with E-state index in [0.717, 1.165) is 24.8 Å². The zero-order valence-corrected chi connectivity index (χ0v) is 15.8. The molecule has 0 unspecified atom stereocenters. The number of halogens is 2. The molecule has 0 saturated carbocycles. The van der Waals surface area contributed by atoms with Gasteiger partial charge in [0.25, 0.3) is 5.91 Å². The number of aryl methyl sites for hydroxylation is 1. The van der Waals surface area contributed by atoms with Crippen molar-refractivity contribution in [2.75, 3.05) is 0 Å². The minimum absolute atomic E-state index is 0.0609. The lowest BCUT2D eigenvalue weighted by atomic mass is 9.87. The third-order valence-corrected chi connectivity index (χ3v) is 4.87. The Hall–Kier alpha value is -2.04. The van der Waals surface area contributed by atoms with Crippen LogP contribution in [0.2, 0.25) is 10.0 Å². The molecule has 6 heteroatoms. The van der Waals surface area contributed by atoms with Crippen LogP contribution in [0.5, 0.6) is 0 Å². The van der Waals surface area contributed by atoms with Gasteiger partial charge in [-0.25, -0.2) is 4.79 Å². The second kappa shape index (κ2) is 8.11. The molecular formula is C20H19Cl2NO3. The summed E-state index contributed by atoms with van der Waals surface area (Å²) < 4.78 is 5.27. The number of hydrogen-bond acceptors (Lipinski definition) is 3. The normalized spacial score (nSPS) is 17.1. The number of ether oxygens (including phenoxy) is 1. The Balaban J connectivity index is 1.64. The van der Waals surface area contributed by atoms with Crippen LogP contribution in [0, 0.1) is 0 Å². The topological polar surface area (TPSA) is 55.4 Å². The quantitative estimate of drug-likeness (QED) is 0.766. The Labute approximate surface area is 162 Å². The number of benzene rings is 2. The Morgan fingerprint density at radius 2 is 1.85 bits per heavy atom. The van der Waals surface area contributed by atoms with Crippen LogP contribution in [0.4, 0.5) is 0 Å². The third kappa shape index (κ3) is 4.37. The fourth-order valence-corrected chi connectivity index (χ4v) is 3.67. The smallest absolute Gasteiger partial charge is 0.339 e. The third-order valence-electron chi connectivity index (χ3n) is 4.44. The van der Waals surface area contributed by atoms with Crippen LogP contribution >= 0.6 is 23.2 Å². The highest BCUT2D eigenvalue weighted by molar-refractivity contribution is 6.35. The molecule has 1 amide bonds. The first-order chi connectivity index (χ1) is 12.4. The molecule has 0 radical (unpaired) electrons. The predicted octanol–water partition coefficient (Wildman–Crippen LogP) is 4.73. The van der Waals surface area contributed by atoms with Gasteiger partial charge in [-0.05, 0) is 55.5 Å². The van der Waals surface area contributed by atoms with Gasteiger partial charge in [0.15, 0.2) is 6.10 Å². The van der Waals surface area contributed by atoms with Crippen LogP contribution in [-0.2, 0) is 16.0 Å². The van der Waals surface area contributed by atoms with Crippen molar-refractivity contribution < 1.29 is 14.3 Å². The summed E-state index contributed by atoms with van der Waals surface area (Å²) in [7, 11) is 0. The average Bonchev–Trinajstić information content (AvgIpc) is 2.61. The SMILES string of the molecule is C[C@@H](OC(=O)c1cc(Cl)cc(Cl)c1)C(=O)N[C@H]1CCCc2ccccc21. The maximum absolute atomic E-state index is 12.5. The largest absolute Gasteiger partial charge is 0.449 e. The van der Waals surface area contributed by atoms with Gasteiger partial charge < -0.3 is 10.1 Å². The molecule has 136 valence electrons. The Bertz CT molecular complexity index is 817. The first-order valence-corrected chi connectivity index (χ1v) is 9.25. The van der Waals surface area contributed by atoms with Crippen LogP contribution < -0.4 is 5.32 Å². The van der Waals surface area contributed by atoms with Crippen molar-refractivity contribution in [2.24, 2.45) is 0 Å². The van der Waals surface area contributed by atoms with Crippen molar-refractivity contribution in [2.45, 2.75) is 38.3 Å². The zero-order chi connectivity index (χ0) is 18.7. The summed E-state index contributed by atoms with van der Waals surface area (Å²) in [5.74, 6) is -0.964. The molecule has 0 saturated heterocycles. The van der Waals surface area contributed by atoms with Crippen LogP contribution in [0.3, 0.4) is 0 Å². The van der Waals surface area contributed by atoms with E-state index < -0.39 is 12.1 Å². The number of carbonyl (C=O) groups excluding carboxylic acids is 2. The molecule has 2 atom stereocenters. The summed E-state index contributed by atoms with van der Waals surface area (Å²) in [5.41, 5.74) is 2.60. The van der Waals surface area contributed by atoms with Gasteiger partial charge in [-0.3, -0.25) is 4.79 Å². The van der Waals surface area contributed by atoms with Crippen molar-refractivity contribution >= 4 is 35.1 Å². The molecule has 0 fully saturated rings. The number of fused-ring (bicyclic) bond motifs is 1. The van der Waals surface area contributed by atoms with E-state index in [2.05, 4.69) is 11.4 Å². The first kappa shape index (κ1) is 18.7. The van der Waals surface area contributed by atoms with E-state index >= 15 is 0 Å². The lowest BCUT2D eigenvalue weighted by Gasteiger charge is -2.27. The van der Waals surface area contributed by atoms with E-state index in [1.807, 2.05) is 18.2 Å². The van der Waals surface area contributed by atoms with E-state index in [0.29, 0.717) is 10.0 Å². The zero-order valence-electron chi connectivity index (χ0n) is 14.3. The van der Waals surface area contributed by atoms with Gasteiger partial charge in [-0.15, -0.1) is 0 Å². The standard InChI is InChI=1S/C20H19Cl2NO3/c1-12(26-20(25)14-9-15(21)11-16(22)10-14)19(24)23-18-8-4-6-13-5-2-3-7-17(13)18/h2-3,5,7,9-12,18H,4,6,8H2,1H3,(H,23,24)/t12-,18+/m1/s1. The van der Waals surface area contributed by atoms with Crippen LogP contribution in [0.1, 0.15) is 47.3 Å². The molecule has 3 rings (SSSR count). The van der Waals surface area contributed by atoms with Crippen LogP contribution in [0.25, 0.3) is 0 Å². The molecule has 2 aromatic rings. The molecule has 1 N–H and O–H groups in total. The maximum Gasteiger partial charge on any atom is 0.339 e.